The molecular formula is C43H40N8O5. The van der Waals surface area contributed by atoms with Crippen LogP contribution in [0.15, 0.2) is 73.1 Å². The van der Waals surface area contributed by atoms with Crippen molar-refractivity contribution in [3.63, 3.8) is 0 Å². The van der Waals surface area contributed by atoms with Crippen LogP contribution in [0.25, 0.3) is 38.9 Å². The van der Waals surface area contributed by atoms with Crippen LogP contribution in [0.5, 0.6) is 0 Å². The molecule has 282 valence electrons. The Balaban J connectivity index is 0.898. The van der Waals surface area contributed by atoms with Gasteiger partial charge in [0.05, 0.1) is 23.6 Å². The Morgan fingerprint density at radius 2 is 1.73 bits per heavy atom. The zero-order chi connectivity index (χ0) is 38.7. The minimum Gasteiger partial charge on any atom is -0.344 e. The number of benzene rings is 2. The molecule has 0 spiro atoms. The first-order chi connectivity index (χ1) is 27.2. The van der Waals surface area contributed by atoms with E-state index in [1.165, 1.54) is 0 Å². The number of hydrogen-bond acceptors (Lipinski definition) is 8. The molecule has 2 unspecified atom stereocenters. The molecule has 2 aromatic carbocycles. The molecule has 1 saturated heterocycles. The molecule has 0 bridgehead atoms. The van der Waals surface area contributed by atoms with Crippen molar-refractivity contribution >= 4 is 45.9 Å². The van der Waals surface area contributed by atoms with Gasteiger partial charge < -0.3 is 19.7 Å². The first-order valence-electron chi connectivity index (χ1n) is 19.1. The van der Waals surface area contributed by atoms with E-state index in [-0.39, 0.29) is 36.1 Å². The van der Waals surface area contributed by atoms with Gasteiger partial charge in [-0.1, -0.05) is 43.3 Å². The van der Waals surface area contributed by atoms with Crippen LogP contribution in [-0.4, -0.2) is 77.5 Å². The monoisotopic (exact) mass is 748 g/mol. The quantitative estimate of drug-likeness (QED) is 0.224. The van der Waals surface area contributed by atoms with E-state index in [1.807, 2.05) is 53.6 Å². The first kappa shape index (κ1) is 35.2. The van der Waals surface area contributed by atoms with Crippen LogP contribution in [0.4, 0.5) is 0 Å². The predicted octanol–water partition coefficient (Wildman–Crippen LogP) is 4.82. The Bertz CT molecular complexity index is 2520. The lowest BCUT2D eigenvalue weighted by molar-refractivity contribution is -0.137. The van der Waals surface area contributed by atoms with Crippen LogP contribution in [0, 0.1) is 0 Å². The number of aromatic nitrogens is 4. The van der Waals surface area contributed by atoms with Crippen LogP contribution in [0.2, 0.25) is 0 Å². The second-order valence-electron chi connectivity index (χ2n) is 14.8. The molecule has 5 amide bonds. The van der Waals surface area contributed by atoms with Gasteiger partial charge in [0, 0.05) is 79.9 Å². The van der Waals surface area contributed by atoms with Gasteiger partial charge in [0.2, 0.25) is 17.7 Å². The lowest BCUT2D eigenvalue weighted by Gasteiger charge is -2.29. The fraction of sp³-hybridized carbons (Fsp3) is 0.302. The number of allylic oxidation sites excluding steroid dienone is 1. The fourth-order valence-corrected chi connectivity index (χ4v) is 8.60. The zero-order valence-electron chi connectivity index (χ0n) is 31.2. The van der Waals surface area contributed by atoms with Crippen molar-refractivity contribution in [1.29, 1.82) is 0 Å². The number of imide groups is 1. The van der Waals surface area contributed by atoms with Crippen molar-refractivity contribution in [2.24, 2.45) is 0 Å². The Hall–Kier alpha value is -6.50. The van der Waals surface area contributed by atoms with Gasteiger partial charge in [0.1, 0.15) is 17.6 Å². The highest BCUT2D eigenvalue weighted by Crippen LogP contribution is 2.38. The summed E-state index contributed by atoms with van der Waals surface area (Å²) < 4.78 is 2.25. The summed E-state index contributed by atoms with van der Waals surface area (Å²) in [6, 6.07) is 16.4. The van der Waals surface area contributed by atoms with Crippen LogP contribution >= 0.6 is 0 Å². The summed E-state index contributed by atoms with van der Waals surface area (Å²) in [6.07, 6.45) is 8.29. The number of carbonyl (C=O) groups is 5. The van der Waals surface area contributed by atoms with Crippen molar-refractivity contribution < 1.29 is 24.0 Å². The number of piperidine rings is 1. The number of hydrogen-bond donors (Lipinski definition) is 2. The largest absolute Gasteiger partial charge is 0.344 e. The number of nitrogens with zero attached hydrogens (tertiary/aromatic N) is 6. The molecule has 0 saturated carbocycles. The summed E-state index contributed by atoms with van der Waals surface area (Å²) >= 11 is 0. The van der Waals surface area contributed by atoms with E-state index < -0.39 is 11.9 Å². The summed E-state index contributed by atoms with van der Waals surface area (Å²) in [5, 5.41) is 7.41. The first-order valence-corrected chi connectivity index (χ1v) is 19.1. The molecule has 6 heterocycles. The van der Waals surface area contributed by atoms with E-state index in [4.69, 9.17) is 9.97 Å². The van der Waals surface area contributed by atoms with Crippen molar-refractivity contribution in [1.82, 2.24) is 40.0 Å². The zero-order valence-corrected chi connectivity index (χ0v) is 31.2. The predicted molar refractivity (Wildman–Crippen MR) is 208 cm³/mol. The number of amides is 5. The number of fused-ring (bicyclic) bond motifs is 3. The Morgan fingerprint density at radius 3 is 2.52 bits per heavy atom. The Kier molecular flexibility index (Phi) is 8.79. The molecule has 0 radical (unpaired) electrons. The highest BCUT2D eigenvalue weighted by Gasteiger charge is 2.40. The number of pyridine rings is 2. The standard InChI is InChI=1S/C43H40N8O5/c1-3-38-47-40(37-23-49(24(2)52)16-17-50(37)38)30-8-4-6-25-19-35(45-21-32(25)30)27-11-13-34(44-20-27)41(54)46-28-12-10-26(18-28)29-7-5-9-31-33(29)22-51(43(31)56)36-14-15-39(53)48-42(36)55/h4-9,11,13,18-21,28,36H,3,10,12,14-17,22-23H2,1-2H3,(H,46,54)(H,48,53,55). The number of rotatable bonds is 7. The van der Waals surface area contributed by atoms with E-state index in [1.54, 1.807) is 30.2 Å². The summed E-state index contributed by atoms with van der Waals surface area (Å²) in [5.74, 6) is -0.180. The van der Waals surface area contributed by atoms with Gasteiger partial charge in [0.25, 0.3) is 11.8 Å². The highest BCUT2D eigenvalue weighted by atomic mass is 16.2. The highest BCUT2D eigenvalue weighted by molar-refractivity contribution is 6.06. The molecule has 1 aliphatic carbocycles. The van der Waals surface area contributed by atoms with Crippen LogP contribution < -0.4 is 10.6 Å². The maximum atomic E-state index is 13.4. The average molecular weight is 749 g/mol. The van der Waals surface area contributed by atoms with Gasteiger partial charge in [0.15, 0.2) is 0 Å². The maximum absolute atomic E-state index is 13.4. The molecular weight excluding hydrogens is 709 g/mol. The van der Waals surface area contributed by atoms with Crippen molar-refractivity contribution in [2.75, 3.05) is 6.54 Å². The van der Waals surface area contributed by atoms with Crippen molar-refractivity contribution in [3.05, 3.63) is 107 Å². The lowest BCUT2D eigenvalue weighted by Crippen LogP contribution is -2.52. The van der Waals surface area contributed by atoms with E-state index >= 15 is 0 Å². The molecule has 13 nitrogen and oxygen atoms in total. The summed E-state index contributed by atoms with van der Waals surface area (Å²) in [5.41, 5.74) is 8.11. The van der Waals surface area contributed by atoms with Gasteiger partial charge in [-0.2, -0.15) is 0 Å². The SMILES string of the molecule is CCc1nc(-c2cccc3cc(-c4ccc(C(=O)NC5C=C(c6cccc7c6CN(C6CCC(=O)NC6=O)C7=O)CC5)nc4)ncc23)c2n1CCN(C(C)=O)C2. The van der Waals surface area contributed by atoms with Crippen LogP contribution in [0.3, 0.4) is 0 Å². The molecule has 56 heavy (non-hydrogen) atoms. The van der Waals surface area contributed by atoms with E-state index in [0.29, 0.717) is 43.7 Å². The molecule has 5 aromatic rings. The Labute approximate surface area is 322 Å². The third-order valence-corrected chi connectivity index (χ3v) is 11.5. The fourth-order valence-electron chi connectivity index (χ4n) is 8.60. The molecule has 3 aliphatic heterocycles. The van der Waals surface area contributed by atoms with Gasteiger partial charge in [-0.15, -0.1) is 0 Å². The molecule has 4 aliphatic rings. The number of carbonyl (C=O) groups excluding carboxylic acids is 5. The molecule has 1 fully saturated rings. The number of aryl methyl sites for hydroxylation is 1. The van der Waals surface area contributed by atoms with E-state index in [9.17, 15) is 24.0 Å². The third-order valence-electron chi connectivity index (χ3n) is 11.5. The second-order valence-corrected chi connectivity index (χ2v) is 14.8. The number of nitrogens with one attached hydrogen (secondary N) is 2. The topological polar surface area (TPSA) is 159 Å². The molecule has 9 rings (SSSR count). The number of imidazole rings is 1. The van der Waals surface area contributed by atoms with Gasteiger partial charge >= 0.3 is 0 Å². The van der Waals surface area contributed by atoms with E-state index in [0.717, 1.165) is 80.9 Å². The smallest absolute Gasteiger partial charge is 0.270 e. The maximum Gasteiger partial charge on any atom is 0.270 e. The average Bonchev–Trinajstić information content (AvgIpc) is 3.92. The molecule has 13 heteroatoms. The Morgan fingerprint density at radius 1 is 0.911 bits per heavy atom. The summed E-state index contributed by atoms with van der Waals surface area (Å²) in [7, 11) is 0. The molecule has 2 atom stereocenters. The minimum atomic E-state index is -0.677. The van der Waals surface area contributed by atoms with Crippen LogP contribution in [0.1, 0.15) is 83.0 Å². The molecule has 2 N–H and O–H groups in total. The normalized spacial score (nSPS) is 19.2. The minimum absolute atomic E-state index is 0.0561. The van der Waals surface area contributed by atoms with Gasteiger partial charge in [-0.3, -0.25) is 39.3 Å². The van der Waals surface area contributed by atoms with Gasteiger partial charge in [-0.25, -0.2) is 4.98 Å². The second kappa shape index (κ2) is 14.0. The summed E-state index contributed by atoms with van der Waals surface area (Å²) in [4.78, 5) is 81.0. The third kappa shape index (κ3) is 6.12. The van der Waals surface area contributed by atoms with E-state index in [2.05, 4.69) is 33.2 Å². The van der Waals surface area contributed by atoms with Crippen LogP contribution in [-0.2, 0) is 40.4 Å². The lowest BCUT2D eigenvalue weighted by atomic mass is 9.96. The summed E-state index contributed by atoms with van der Waals surface area (Å²) in [6.45, 7) is 5.92. The molecule has 3 aromatic heterocycles. The van der Waals surface area contributed by atoms with Gasteiger partial charge in [-0.05, 0) is 65.6 Å². The van der Waals surface area contributed by atoms with Crippen molar-refractivity contribution in [2.45, 2.75) is 77.7 Å². The van der Waals surface area contributed by atoms with Crippen molar-refractivity contribution in [3.8, 4) is 22.5 Å².